The van der Waals surface area contributed by atoms with Gasteiger partial charge in [0.1, 0.15) is 0 Å². The van der Waals surface area contributed by atoms with Gasteiger partial charge < -0.3 is 130 Å². The Morgan fingerprint density at radius 2 is 0.318 bits per heavy atom. The van der Waals surface area contributed by atoms with Gasteiger partial charge in [-0.2, -0.15) is 0 Å². The number of benzene rings is 8. The van der Waals surface area contributed by atoms with Gasteiger partial charge in [-0.3, -0.25) is 0 Å². The SMILES string of the molecule is O=c1[nH]c2cc3c(cc2[nH]1)-c1nc-3nc2[n-]c(nc3nc(nc4[n-]c(n1)c1cc5[nH]c(=O)[nH]c5cc41)-c1cc4[nH]c(=O)[nH]c4cc1-3)c1cc3[nH]c(=O)[nH]c3cc21.O=c1[nH]c2cc3c(cc2[nH]1)-c1nc-3nc2[n-]c(nc3nc(nc4[n-]c(n1)c1cc5[nH]c(=O)[nH]c5cc41)-c1cc4[nH]c(=O)[nH]c4cc1-3)c1ccccc21.[Zn+2].[Zn+2]. The molecule has 0 radical (unpaired) electrons. The van der Waals surface area contributed by atoms with Gasteiger partial charge in [0.05, 0.1) is 124 Å². The first kappa shape index (κ1) is 62.0. The standard InChI is InChI=1S/C36H18N16O4.C35H18N14O3.2Zn/c53-33-37-17-1-9-10(2-18(17)38-33)26-45-25(9)49-27-11-3-19-20(40-34(54)39-19)4-12(11)29(46-27)51-31-15-7-23-24(44-36(56)43-23)8-16(15)32(48-31)52-30-14-6-22-21(41-35(55)42-22)5-13(14)28(47-30)50-26;50-33-36-19-5-13-15(7-21(19)38-33)29-45-27(13)43-25-11-3-1-2-4-12(11)26(42-25)44-28-14-6-20-22(39-34(51)37-20)8-16(14)30(46-28)48-32-18-10-24-23(40-35(52)41-24)9-17(18)31(47-29)49-32;;/h1-8H,(H10,37,38,39,40,41,42,43,44,45,46,47,48,49,50,51,52,53,54,55,56);1-10H,(H8,36,37,38,39,40,41,42,43,44,45,46,47,48,49,50,51,52);;/q;;2*+2/p-4. The van der Waals surface area contributed by atoms with E-state index in [0.29, 0.717) is 189 Å². The fraction of sp³-hybridized carbons (Fsp3) is 0. The van der Waals surface area contributed by atoms with E-state index in [0.717, 1.165) is 10.8 Å². The maximum atomic E-state index is 12.4. The second-order valence-corrected chi connectivity index (χ2v) is 26.2. The van der Waals surface area contributed by atoms with Crippen LogP contribution in [0.5, 0.6) is 0 Å². The summed E-state index contributed by atoms with van der Waals surface area (Å²) in [6.45, 7) is 0. The largest absolute Gasteiger partial charge is 2.00 e. The van der Waals surface area contributed by atoms with Crippen LogP contribution in [0.2, 0.25) is 0 Å². The van der Waals surface area contributed by atoms with Crippen molar-refractivity contribution in [2.75, 3.05) is 0 Å². The number of imidazole rings is 7. The molecule has 4 aliphatic heterocycles. The summed E-state index contributed by atoms with van der Waals surface area (Å²) in [5.74, 6) is 2.26. The van der Waals surface area contributed by atoms with Crippen molar-refractivity contribution in [1.82, 2.24) is 150 Å². The van der Waals surface area contributed by atoms with Crippen molar-refractivity contribution in [1.29, 1.82) is 0 Å². The second kappa shape index (κ2) is 21.9. The van der Waals surface area contributed by atoms with Crippen LogP contribution in [0.3, 0.4) is 0 Å². The van der Waals surface area contributed by atoms with Crippen molar-refractivity contribution in [3.05, 3.63) is 183 Å². The van der Waals surface area contributed by atoms with Gasteiger partial charge in [0, 0.05) is 89.7 Å². The third-order valence-corrected chi connectivity index (χ3v) is 19.7. The van der Waals surface area contributed by atoms with Crippen molar-refractivity contribution in [3.63, 3.8) is 0 Å². The van der Waals surface area contributed by atoms with E-state index in [4.69, 9.17) is 79.7 Å². The Kier molecular flexibility index (Phi) is 12.3. The van der Waals surface area contributed by atoms with Crippen molar-refractivity contribution in [3.8, 4) is 91.1 Å². The van der Waals surface area contributed by atoms with Crippen LogP contribution in [0.15, 0.2) is 143 Å². The normalized spacial score (nSPS) is 12.3. The Labute approximate surface area is 623 Å². The summed E-state index contributed by atoms with van der Waals surface area (Å²) < 4.78 is 0. The summed E-state index contributed by atoms with van der Waals surface area (Å²) in [4.78, 5) is 204. The van der Waals surface area contributed by atoms with E-state index >= 15 is 0 Å². The molecule has 0 spiro atoms. The average Bonchev–Trinajstić information content (AvgIpc) is 1.59. The van der Waals surface area contributed by atoms with Crippen LogP contribution < -0.4 is 59.8 Å². The summed E-state index contributed by atoms with van der Waals surface area (Å²) in [5.41, 5.74) is 12.2. The van der Waals surface area contributed by atoms with E-state index in [9.17, 15) is 33.6 Å². The van der Waals surface area contributed by atoms with Gasteiger partial charge in [-0.05, 0) is 128 Å². The zero-order valence-corrected chi connectivity index (χ0v) is 61.3. The molecule has 17 heterocycles. The molecule has 110 heavy (non-hydrogen) atoms. The van der Waals surface area contributed by atoms with Crippen molar-refractivity contribution in [2.24, 2.45) is 0 Å². The molecular formula is C71H32N30O7Zn2. The van der Waals surface area contributed by atoms with E-state index in [-0.39, 0.29) is 136 Å². The van der Waals surface area contributed by atoms with E-state index in [2.05, 4.69) is 69.8 Å². The third kappa shape index (κ3) is 9.14. The molecule has 0 fully saturated rings. The summed E-state index contributed by atoms with van der Waals surface area (Å²) >= 11 is 0. The van der Waals surface area contributed by atoms with E-state index < -0.39 is 0 Å². The van der Waals surface area contributed by atoms with Gasteiger partial charge in [-0.25, -0.2) is 53.5 Å². The molecule has 37 nitrogen and oxygen atoms in total. The fourth-order valence-corrected chi connectivity index (χ4v) is 15.0. The third-order valence-electron chi connectivity index (χ3n) is 19.7. The monoisotopic (exact) mass is 1540 g/mol. The van der Waals surface area contributed by atoms with Gasteiger partial charge in [0.25, 0.3) is 0 Å². The van der Waals surface area contributed by atoms with Gasteiger partial charge >= 0.3 is 78.8 Å². The van der Waals surface area contributed by atoms with Crippen LogP contribution in [-0.2, 0) is 39.0 Å². The van der Waals surface area contributed by atoms with Crippen molar-refractivity contribution in [2.45, 2.75) is 0 Å². The van der Waals surface area contributed by atoms with Crippen LogP contribution >= 0.6 is 0 Å². The number of aromatic amines is 14. The average molecular weight is 1550 g/mol. The Morgan fingerprint density at radius 3 is 0.473 bits per heavy atom. The molecule has 25 rings (SSSR count). The Hall–Kier alpha value is -15.4. The molecule has 0 aliphatic carbocycles. The first-order valence-electron chi connectivity index (χ1n) is 33.0. The predicted molar refractivity (Wildman–Crippen MR) is 395 cm³/mol. The van der Waals surface area contributed by atoms with Gasteiger partial charge in [0.15, 0.2) is 0 Å². The molecule has 13 aromatic heterocycles. The van der Waals surface area contributed by atoms with E-state index in [1.807, 2.05) is 24.3 Å². The Balaban J connectivity index is 0.000000134. The number of nitrogens with zero attached hydrogens (tertiary/aromatic N) is 16. The minimum Gasteiger partial charge on any atom is -0.357 e. The molecule has 16 bridgehead atoms. The Morgan fingerprint density at radius 1 is 0.182 bits per heavy atom. The smallest absolute Gasteiger partial charge is 0.357 e. The molecule has 0 atom stereocenters. The molecule has 0 amide bonds. The van der Waals surface area contributed by atoms with Crippen LogP contribution in [-0.4, -0.2) is 130 Å². The maximum absolute atomic E-state index is 12.4. The second-order valence-electron chi connectivity index (χ2n) is 26.2. The van der Waals surface area contributed by atoms with Gasteiger partial charge in [0.2, 0.25) is 0 Å². The van der Waals surface area contributed by atoms with Crippen LogP contribution in [0.1, 0.15) is 0 Å². The molecule has 0 unspecified atom stereocenters. The molecule has 0 saturated carbocycles. The molecular weight excluding hydrogens is 1520 g/mol. The zero-order valence-electron chi connectivity index (χ0n) is 55.3. The number of aromatic nitrogens is 30. The van der Waals surface area contributed by atoms with Crippen LogP contribution in [0.25, 0.3) is 257 Å². The molecule has 4 aliphatic rings. The topological polar surface area (TPSA) is 552 Å². The quantitative estimate of drug-likeness (QED) is 0.0726. The number of hydrogen-bond donors (Lipinski definition) is 14. The summed E-state index contributed by atoms with van der Waals surface area (Å²) in [7, 11) is 0. The first-order valence-corrected chi connectivity index (χ1v) is 33.0. The maximum Gasteiger partial charge on any atom is 2.00 e. The minimum absolute atomic E-state index is 0. The predicted octanol–water partition coefficient (Wildman–Crippen LogP) is 6.44. The molecule has 8 aromatic carbocycles. The van der Waals surface area contributed by atoms with Crippen LogP contribution in [0.4, 0.5) is 0 Å². The van der Waals surface area contributed by atoms with Crippen molar-refractivity contribution >= 4 is 166 Å². The van der Waals surface area contributed by atoms with E-state index in [1.54, 1.807) is 84.9 Å². The Bertz CT molecular complexity index is 7970. The number of H-pyrrole nitrogens is 14. The minimum atomic E-state index is -0.384. The first-order chi connectivity index (χ1) is 52.6. The fourth-order valence-electron chi connectivity index (χ4n) is 15.0. The number of fused-ring (bicyclic) bond motifs is 47. The zero-order chi connectivity index (χ0) is 71.5. The molecule has 21 aromatic rings. The molecule has 14 N–H and O–H groups in total. The van der Waals surface area contributed by atoms with Crippen LogP contribution in [0, 0.1) is 0 Å². The molecule has 512 valence electrons. The van der Waals surface area contributed by atoms with E-state index in [1.165, 1.54) is 0 Å². The molecule has 39 heteroatoms. The summed E-state index contributed by atoms with van der Waals surface area (Å²) in [6.07, 6.45) is 0. The number of hydrogen-bond acceptors (Lipinski definition) is 19. The van der Waals surface area contributed by atoms with Crippen molar-refractivity contribution < 1.29 is 39.0 Å². The number of nitrogens with one attached hydrogen (secondary N) is 14. The van der Waals surface area contributed by atoms with Gasteiger partial charge in [-0.1, -0.05) is 24.3 Å². The summed E-state index contributed by atoms with van der Waals surface area (Å²) in [5, 5.41) is 4.95. The number of rotatable bonds is 0. The summed E-state index contributed by atoms with van der Waals surface area (Å²) in [6, 6.07) is 32.5. The molecule has 0 saturated heterocycles. The van der Waals surface area contributed by atoms with Gasteiger partial charge in [-0.15, -0.1) is 0 Å².